The van der Waals surface area contributed by atoms with E-state index in [4.69, 9.17) is 4.74 Å². The quantitative estimate of drug-likeness (QED) is 0.615. The number of carbonyl (C=O) groups is 1. The van der Waals surface area contributed by atoms with E-state index in [0.29, 0.717) is 5.56 Å². The summed E-state index contributed by atoms with van der Waals surface area (Å²) >= 11 is 0. The van der Waals surface area contributed by atoms with Gasteiger partial charge in [-0.3, -0.25) is 0 Å². The number of hydrogen-bond donors (Lipinski definition) is 0. The molecular weight excluding hydrogens is 261 g/mol. The molecule has 0 aliphatic carbocycles. The molecule has 1 heterocycles. The van der Waals surface area contributed by atoms with Crippen LogP contribution in [0.1, 0.15) is 25.0 Å². The van der Waals surface area contributed by atoms with Crippen molar-refractivity contribution in [3.05, 3.63) is 35.4 Å². The van der Waals surface area contributed by atoms with Crippen LogP contribution in [0.4, 0.5) is 13.2 Å². The lowest BCUT2D eigenvalue weighted by atomic mass is 9.88. The third-order valence-electron chi connectivity index (χ3n) is 3.61. The van der Waals surface area contributed by atoms with Gasteiger partial charge in [0.25, 0.3) is 0 Å². The molecule has 1 aliphatic heterocycles. The SMILES string of the molecule is COC(=O)C1(C)OC1(C)c1ccc(C(F)(F)F)cc1. The van der Waals surface area contributed by atoms with E-state index < -0.39 is 28.9 Å². The topological polar surface area (TPSA) is 38.8 Å². The third kappa shape index (κ3) is 2.00. The second kappa shape index (κ2) is 3.96. The fourth-order valence-electron chi connectivity index (χ4n) is 2.13. The van der Waals surface area contributed by atoms with Crippen LogP contribution in [-0.4, -0.2) is 18.7 Å². The molecule has 0 aromatic heterocycles. The number of epoxide rings is 1. The molecule has 1 aliphatic rings. The number of benzene rings is 1. The average molecular weight is 274 g/mol. The second-order valence-corrected chi connectivity index (χ2v) is 4.74. The Hall–Kier alpha value is -1.56. The first-order valence-electron chi connectivity index (χ1n) is 5.61. The summed E-state index contributed by atoms with van der Waals surface area (Å²) in [5.74, 6) is -0.546. The van der Waals surface area contributed by atoms with Gasteiger partial charge in [-0.2, -0.15) is 13.2 Å². The van der Waals surface area contributed by atoms with Crippen molar-refractivity contribution in [3.8, 4) is 0 Å². The zero-order chi connectivity index (χ0) is 14.5. The van der Waals surface area contributed by atoms with Gasteiger partial charge in [0, 0.05) is 0 Å². The van der Waals surface area contributed by atoms with Gasteiger partial charge in [-0.1, -0.05) is 12.1 Å². The largest absolute Gasteiger partial charge is 0.467 e. The third-order valence-corrected chi connectivity index (χ3v) is 3.61. The Morgan fingerprint density at radius 2 is 1.74 bits per heavy atom. The summed E-state index contributed by atoms with van der Waals surface area (Å²) in [7, 11) is 1.24. The highest BCUT2D eigenvalue weighted by atomic mass is 19.4. The van der Waals surface area contributed by atoms with Gasteiger partial charge < -0.3 is 9.47 Å². The number of halogens is 3. The average Bonchev–Trinajstić information content (AvgIpc) is 2.93. The van der Waals surface area contributed by atoms with Crippen LogP contribution in [0.2, 0.25) is 0 Å². The van der Waals surface area contributed by atoms with Gasteiger partial charge >= 0.3 is 12.1 Å². The molecule has 2 unspecified atom stereocenters. The Labute approximate surface area is 108 Å². The van der Waals surface area contributed by atoms with Gasteiger partial charge in [0.1, 0.15) is 5.60 Å². The van der Waals surface area contributed by atoms with Crippen LogP contribution in [-0.2, 0) is 26.0 Å². The Bertz CT molecular complexity index is 509. The molecule has 0 N–H and O–H groups in total. The van der Waals surface area contributed by atoms with E-state index in [-0.39, 0.29) is 0 Å². The van der Waals surface area contributed by atoms with Gasteiger partial charge in [-0.05, 0) is 31.5 Å². The van der Waals surface area contributed by atoms with Gasteiger partial charge in [0.2, 0.25) is 0 Å². The Morgan fingerprint density at radius 3 is 2.16 bits per heavy atom. The summed E-state index contributed by atoms with van der Waals surface area (Å²) in [5, 5.41) is 0. The van der Waals surface area contributed by atoms with E-state index in [1.54, 1.807) is 13.8 Å². The van der Waals surface area contributed by atoms with Crippen molar-refractivity contribution in [2.24, 2.45) is 0 Å². The number of rotatable bonds is 2. The molecule has 1 aromatic rings. The molecule has 2 rings (SSSR count). The van der Waals surface area contributed by atoms with Crippen molar-refractivity contribution >= 4 is 5.97 Å². The highest BCUT2D eigenvalue weighted by Crippen LogP contribution is 2.56. The number of carbonyl (C=O) groups excluding carboxylic acids is 1. The van der Waals surface area contributed by atoms with Gasteiger partial charge in [0.05, 0.1) is 12.7 Å². The minimum atomic E-state index is -4.38. The summed E-state index contributed by atoms with van der Waals surface area (Å²) in [5.41, 5.74) is -2.33. The van der Waals surface area contributed by atoms with Crippen LogP contribution < -0.4 is 0 Å². The highest BCUT2D eigenvalue weighted by molar-refractivity contribution is 5.84. The smallest absolute Gasteiger partial charge is 0.416 e. The summed E-state index contributed by atoms with van der Waals surface area (Å²) in [6.07, 6.45) is -4.38. The minimum absolute atomic E-state index is 0.508. The summed E-state index contributed by atoms with van der Waals surface area (Å²) in [6, 6.07) is 4.58. The summed E-state index contributed by atoms with van der Waals surface area (Å²) < 4.78 is 47.4. The number of ether oxygens (including phenoxy) is 2. The maximum Gasteiger partial charge on any atom is 0.416 e. The molecule has 3 nitrogen and oxygen atoms in total. The predicted molar refractivity (Wildman–Crippen MR) is 60.3 cm³/mol. The van der Waals surface area contributed by atoms with Gasteiger partial charge in [-0.15, -0.1) is 0 Å². The summed E-state index contributed by atoms with van der Waals surface area (Å²) in [6.45, 7) is 3.20. The monoisotopic (exact) mass is 274 g/mol. The van der Waals surface area contributed by atoms with Crippen molar-refractivity contribution in [3.63, 3.8) is 0 Å². The first-order chi connectivity index (χ1) is 8.65. The molecule has 0 bridgehead atoms. The molecule has 0 saturated carbocycles. The number of alkyl halides is 3. The first kappa shape index (κ1) is 13.9. The maximum atomic E-state index is 12.5. The molecule has 0 amide bonds. The molecule has 19 heavy (non-hydrogen) atoms. The van der Waals surface area contributed by atoms with Crippen molar-refractivity contribution in [1.29, 1.82) is 0 Å². The van der Waals surface area contributed by atoms with Crippen LogP contribution in [0.25, 0.3) is 0 Å². The normalized spacial score (nSPS) is 30.0. The standard InChI is InChI=1S/C13H13F3O3/c1-11(12(2,19-11)10(17)18-3)8-4-6-9(7-5-8)13(14,15)16/h4-7H,1-3H3. The maximum absolute atomic E-state index is 12.5. The van der Waals surface area contributed by atoms with Crippen molar-refractivity contribution in [2.75, 3.05) is 7.11 Å². The number of hydrogen-bond acceptors (Lipinski definition) is 3. The number of esters is 1. The predicted octanol–water partition coefficient (Wildman–Crippen LogP) is 2.88. The van der Waals surface area contributed by atoms with Crippen LogP contribution in [0.3, 0.4) is 0 Å². The van der Waals surface area contributed by atoms with Crippen molar-refractivity contribution < 1.29 is 27.4 Å². The Kier molecular flexibility index (Phi) is 2.89. The van der Waals surface area contributed by atoms with E-state index >= 15 is 0 Å². The highest BCUT2D eigenvalue weighted by Gasteiger charge is 2.70. The first-order valence-corrected chi connectivity index (χ1v) is 5.61. The van der Waals surface area contributed by atoms with E-state index in [1.165, 1.54) is 19.2 Å². The van der Waals surface area contributed by atoms with Gasteiger partial charge in [0.15, 0.2) is 5.60 Å². The lowest BCUT2D eigenvalue weighted by molar-refractivity contribution is -0.146. The van der Waals surface area contributed by atoms with Crippen molar-refractivity contribution in [1.82, 2.24) is 0 Å². The minimum Gasteiger partial charge on any atom is -0.467 e. The Morgan fingerprint density at radius 1 is 1.21 bits per heavy atom. The van der Waals surface area contributed by atoms with Crippen molar-refractivity contribution in [2.45, 2.75) is 31.2 Å². The lowest BCUT2D eigenvalue weighted by Crippen LogP contribution is -2.29. The van der Waals surface area contributed by atoms with E-state index in [0.717, 1.165) is 12.1 Å². The number of methoxy groups -OCH3 is 1. The van der Waals surface area contributed by atoms with Crippen LogP contribution in [0.15, 0.2) is 24.3 Å². The van der Waals surface area contributed by atoms with E-state index in [1.807, 2.05) is 0 Å². The Balaban J connectivity index is 2.28. The summed E-state index contributed by atoms with van der Waals surface area (Å²) in [4.78, 5) is 11.6. The fraction of sp³-hybridized carbons (Fsp3) is 0.462. The zero-order valence-corrected chi connectivity index (χ0v) is 10.7. The van der Waals surface area contributed by atoms with Gasteiger partial charge in [-0.25, -0.2) is 4.79 Å². The molecule has 6 heteroatoms. The van der Waals surface area contributed by atoms with Crippen LogP contribution in [0, 0.1) is 0 Å². The molecule has 1 saturated heterocycles. The van der Waals surface area contributed by atoms with Crippen LogP contribution in [0.5, 0.6) is 0 Å². The molecular formula is C13H13F3O3. The zero-order valence-electron chi connectivity index (χ0n) is 10.7. The molecule has 0 spiro atoms. The van der Waals surface area contributed by atoms with E-state index in [2.05, 4.69) is 4.74 Å². The molecule has 0 radical (unpaired) electrons. The second-order valence-electron chi connectivity index (χ2n) is 4.74. The van der Waals surface area contributed by atoms with Crippen LogP contribution >= 0.6 is 0 Å². The lowest BCUT2D eigenvalue weighted by Gasteiger charge is -2.12. The molecule has 104 valence electrons. The molecule has 1 aromatic carbocycles. The molecule has 1 fully saturated rings. The molecule has 2 atom stereocenters. The van der Waals surface area contributed by atoms with E-state index in [9.17, 15) is 18.0 Å². The fourth-order valence-corrected chi connectivity index (χ4v) is 2.13.